The van der Waals surface area contributed by atoms with Crippen molar-refractivity contribution >= 4 is 35.2 Å². The molecule has 0 aliphatic carbocycles. The number of hydrogen-bond donors (Lipinski definition) is 2. The van der Waals surface area contributed by atoms with E-state index in [1.54, 1.807) is 66.7 Å². The zero-order valence-corrected chi connectivity index (χ0v) is 15.5. The lowest BCUT2D eigenvalue weighted by Crippen LogP contribution is -2.11. The lowest BCUT2D eigenvalue weighted by Gasteiger charge is -2.06. The topological polar surface area (TPSA) is 97.6 Å². The van der Waals surface area contributed by atoms with Crippen molar-refractivity contribution in [3.63, 3.8) is 0 Å². The Bertz CT molecular complexity index is 1020. The molecule has 0 fully saturated rings. The van der Waals surface area contributed by atoms with E-state index in [1.165, 1.54) is 19.4 Å². The van der Waals surface area contributed by atoms with E-state index < -0.39 is 5.97 Å². The van der Waals surface area contributed by atoms with Crippen LogP contribution in [0.2, 0.25) is 0 Å². The largest absolute Gasteiger partial charge is 0.465 e. The third-order valence-corrected chi connectivity index (χ3v) is 3.91. The van der Waals surface area contributed by atoms with E-state index in [1.807, 2.05) is 0 Å². The highest BCUT2D eigenvalue weighted by Gasteiger charge is 2.08. The molecule has 0 saturated heterocycles. The number of rotatable bonds is 6. The number of nitrogens with one attached hydrogen (secondary N) is 2. The average molecular weight is 390 g/mol. The summed E-state index contributed by atoms with van der Waals surface area (Å²) in [6.45, 7) is 0. The first-order chi connectivity index (χ1) is 14.0. The first-order valence-electron chi connectivity index (χ1n) is 8.67. The van der Waals surface area contributed by atoms with Gasteiger partial charge in [-0.3, -0.25) is 9.59 Å². The van der Waals surface area contributed by atoms with Crippen molar-refractivity contribution in [3.8, 4) is 0 Å². The van der Waals surface area contributed by atoms with Gasteiger partial charge in [-0.15, -0.1) is 0 Å². The number of benzene rings is 2. The summed E-state index contributed by atoms with van der Waals surface area (Å²) in [4.78, 5) is 35.4. The van der Waals surface area contributed by atoms with Gasteiger partial charge in [-0.2, -0.15) is 0 Å². The molecule has 2 N–H and O–H groups in total. The Morgan fingerprint density at radius 3 is 2.14 bits per heavy atom. The van der Waals surface area contributed by atoms with Gasteiger partial charge >= 0.3 is 5.97 Å². The molecule has 2 aromatic carbocycles. The second kappa shape index (κ2) is 9.18. The highest BCUT2D eigenvalue weighted by Crippen LogP contribution is 2.15. The molecule has 1 aromatic heterocycles. The van der Waals surface area contributed by atoms with Crippen LogP contribution in [0.25, 0.3) is 6.08 Å². The van der Waals surface area contributed by atoms with Gasteiger partial charge in [-0.1, -0.05) is 12.1 Å². The van der Waals surface area contributed by atoms with Crippen molar-refractivity contribution in [2.24, 2.45) is 0 Å². The molecule has 7 nitrogen and oxygen atoms in total. The van der Waals surface area contributed by atoms with Crippen LogP contribution in [0.1, 0.15) is 26.5 Å². The Kier molecular flexibility index (Phi) is 6.22. The standard InChI is InChI=1S/C22H18N2O5/c1-28-22(27)16-7-4-15(5-8-16)6-13-20(25)23-17-9-11-18(12-10-17)24-21(26)19-3-2-14-29-19/h2-14H,1H3,(H,23,25)(H,24,26)/b13-6+. The number of anilines is 2. The van der Waals surface area contributed by atoms with E-state index >= 15 is 0 Å². The Hall–Kier alpha value is -4.13. The van der Waals surface area contributed by atoms with Crippen molar-refractivity contribution < 1.29 is 23.5 Å². The van der Waals surface area contributed by atoms with Crippen LogP contribution >= 0.6 is 0 Å². The van der Waals surface area contributed by atoms with Gasteiger partial charge in [0.25, 0.3) is 5.91 Å². The highest BCUT2D eigenvalue weighted by atomic mass is 16.5. The molecule has 0 unspecified atom stereocenters. The summed E-state index contributed by atoms with van der Waals surface area (Å²) in [5.74, 6) is -0.864. The van der Waals surface area contributed by atoms with E-state index in [2.05, 4.69) is 15.4 Å². The summed E-state index contributed by atoms with van der Waals surface area (Å²) in [6.07, 6.45) is 4.45. The smallest absolute Gasteiger partial charge is 0.337 e. The van der Waals surface area contributed by atoms with Gasteiger partial charge in [0, 0.05) is 17.5 Å². The van der Waals surface area contributed by atoms with Crippen molar-refractivity contribution in [2.75, 3.05) is 17.7 Å². The second-order valence-electron chi connectivity index (χ2n) is 5.94. The van der Waals surface area contributed by atoms with Crippen molar-refractivity contribution in [1.82, 2.24) is 0 Å². The molecule has 0 bridgehead atoms. The molecular weight excluding hydrogens is 372 g/mol. The quantitative estimate of drug-likeness (QED) is 0.490. The zero-order chi connectivity index (χ0) is 20.6. The number of carbonyl (C=O) groups excluding carboxylic acids is 3. The molecule has 29 heavy (non-hydrogen) atoms. The minimum atomic E-state index is -0.415. The van der Waals surface area contributed by atoms with E-state index in [4.69, 9.17) is 4.42 Å². The van der Waals surface area contributed by atoms with Crippen molar-refractivity contribution in [1.29, 1.82) is 0 Å². The molecule has 146 valence electrons. The zero-order valence-electron chi connectivity index (χ0n) is 15.5. The molecule has 0 saturated carbocycles. The molecule has 3 rings (SSSR count). The summed E-state index contributed by atoms with van der Waals surface area (Å²) < 4.78 is 9.67. The van der Waals surface area contributed by atoms with Crippen molar-refractivity contribution in [2.45, 2.75) is 0 Å². The van der Waals surface area contributed by atoms with E-state index in [-0.39, 0.29) is 17.6 Å². The normalized spacial score (nSPS) is 10.5. The summed E-state index contributed by atoms with van der Waals surface area (Å²) in [5.41, 5.74) is 2.36. The molecule has 0 aliphatic heterocycles. The average Bonchev–Trinajstić information content (AvgIpc) is 3.28. The number of carbonyl (C=O) groups is 3. The van der Waals surface area contributed by atoms with Gasteiger partial charge < -0.3 is 19.8 Å². The molecule has 0 radical (unpaired) electrons. The lowest BCUT2D eigenvalue weighted by molar-refractivity contribution is -0.111. The summed E-state index contributed by atoms with van der Waals surface area (Å²) >= 11 is 0. The molecule has 0 atom stereocenters. The number of esters is 1. The van der Waals surface area contributed by atoms with Crippen LogP contribution in [0.5, 0.6) is 0 Å². The minimum Gasteiger partial charge on any atom is -0.465 e. The predicted octanol–water partition coefficient (Wildman–Crippen LogP) is 3.97. The number of furan rings is 1. The molecule has 0 spiro atoms. The number of amides is 2. The van der Waals surface area contributed by atoms with Crippen LogP contribution in [0.4, 0.5) is 11.4 Å². The van der Waals surface area contributed by atoms with E-state index in [9.17, 15) is 14.4 Å². The highest BCUT2D eigenvalue weighted by molar-refractivity contribution is 6.03. The first-order valence-corrected chi connectivity index (χ1v) is 8.67. The van der Waals surface area contributed by atoms with Crippen LogP contribution in [-0.2, 0) is 9.53 Å². The Morgan fingerprint density at radius 2 is 1.55 bits per heavy atom. The second-order valence-corrected chi connectivity index (χ2v) is 5.94. The van der Waals surface area contributed by atoms with Gasteiger partial charge in [0.15, 0.2) is 5.76 Å². The summed E-state index contributed by atoms with van der Waals surface area (Å²) in [6, 6.07) is 16.6. The maximum absolute atomic E-state index is 12.1. The van der Waals surface area contributed by atoms with Crippen molar-refractivity contribution in [3.05, 3.63) is 89.9 Å². The molecule has 3 aromatic rings. The fourth-order valence-electron chi connectivity index (χ4n) is 2.44. The minimum absolute atomic E-state index is 0.215. The molecule has 0 aliphatic rings. The van der Waals surface area contributed by atoms with Crippen LogP contribution in [0.15, 0.2) is 77.4 Å². The molecular formula is C22H18N2O5. The van der Waals surface area contributed by atoms with Gasteiger partial charge in [-0.05, 0) is 60.2 Å². The van der Waals surface area contributed by atoms with E-state index in [0.29, 0.717) is 16.9 Å². The molecule has 2 amide bonds. The van der Waals surface area contributed by atoms with Crippen LogP contribution < -0.4 is 10.6 Å². The Morgan fingerprint density at radius 1 is 0.897 bits per heavy atom. The summed E-state index contributed by atoms with van der Waals surface area (Å²) in [5, 5.41) is 5.42. The Labute approximate surface area is 167 Å². The van der Waals surface area contributed by atoms with Gasteiger partial charge in [0.05, 0.1) is 18.9 Å². The van der Waals surface area contributed by atoms with Gasteiger partial charge in [0.2, 0.25) is 5.91 Å². The SMILES string of the molecule is COC(=O)c1ccc(/C=C/C(=O)Nc2ccc(NC(=O)c3ccco3)cc2)cc1. The lowest BCUT2D eigenvalue weighted by atomic mass is 10.1. The fraction of sp³-hybridized carbons (Fsp3) is 0.0455. The third kappa shape index (κ3) is 5.43. The van der Waals surface area contributed by atoms with Crippen LogP contribution in [0.3, 0.4) is 0 Å². The number of ether oxygens (including phenoxy) is 1. The first kappa shape index (κ1) is 19.6. The van der Waals surface area contributed by atoms with Crippen LogP contribution in [0, 0.1) is 0 Å². The molecule has 7 heteroatoms. The maximum atomic E-state index is 12.1. The predicted molar refractivity (Wildman–Crippen MR) is 109 cm³/mol. The Balaban J connectivity index is 1.54. The monoisotopic (exact) mass is 390 g/mol. The number of hydrogen-bond acceptors (Lipinski definition) is 5. The third-order valence-electron chi connectivity index (χ3n) is 3.91. The fourth-order valence-corrected chi connectivity index (χ4v) is 2.44. The molecule has 1 heterocycles. The van der Waals surface area contributed by atoms with Gasteiger partial charge in [-0.25, -0.2) is 4.79 Å². The summed E-state index contributed by atoms with van der Waals surface area (Å²) in [7, 11) is 1.32. The maximum Gasteiger partial charge on any atom is 0.337 e. The van der Waals surface area contributed by atoms with Crippen LogP contribution in [-0.4, -0.2) is 24.9 Å². The van der Waals surface area contributed by atoms with E-state index in [0.717, 1.165) is 5.56 Å². The van der Waals surface area contributed by atoms with Gasteiger partial charge in [0.1, 0.15) is 0 Å². The number of methoxy groups -OCH3 is 1.